The van der Waals surface area contributed by atoms with E-state index >= 15 is 0 Å². The highest BCUT2D eigenvalue weighted by molar-refractivity contribution is 5.90. The lowest BCUT2D eigenvalue weighted by atomic mass is 10.2. The lowest BCUT2D eigenvalue weighted by molar-refractivity contribution is -0.137. The minimum absolute atomic E-state index is 0.199. The Labute approximate surface area is 116 Å². The van der Waals surface area contributed by atoms with E-state index in [0.29, 0.717) is 24.6 Å². The van der Waals surface area contributed by atoms with Crippen LogP contribution in [0.15, 0.2) is 24.3 Å². The number of amides is 1. The number of hydrogen-bond acceptors (Lipinski definition) is 2. The second-order valence-corrected chi connectivity index (χ2v) is 4.84. The van der Waals surface area contributed by atoms with E-state index in [0.717, 1.165) is 18.7 Å². The molecule has 0 radical (unpaired) electrons. The van der Waals surface area contributed by atoms with E-state index in [4.69, 9.17) is 0 Å². The van der Waals surface area contributed by atoms with Gasteiger partial charge >= 0.3 is 6.18 Å². The Kier molecular flexibility index (Phi) is 6.01. The van der Waals surface area contributed by atoms with E-state index in [9.17, 15) is 18.0 Å². The van der Waals surface area contributed by atoms with Crippen molar-refractivity contribution in [3.63, 3.8) is 0 Å². The van der Waals surface area contributed by atoms with Gasteiger partial charge in [-0.3, -0.25) is 4.79 Å². The maximum Gasteiger partial charge on any atom is 0.416 e. The summed E-state index contributed by atoms with van der Waals surface area (Å²) in [6, 6.07) is 4.79. The van der Waals surface area contributed by atoms with Crippen molar-refractivity contribution in [2.75, 3.05) is 11.9 Å². The van der Waals surface area contributed by atoms with Gasteiger partial charge in [-0.05, 0) is 37.2 Å². The van der Waals surface area contributed by atoms with Gasteiger partial charge in [0.2, 0.25) is 5.91 Å². The van der Waals surface area contributed by atoms with Crippen molar-refractivity contribution in [2.24, 2.45) is 0 Å². The SMILES string of the molecule is CC(C)NCCCC(=O)Nc1ccc(C(F)(F)F)cc1. The number of carbonyl (C=O) groups is 1. The molecule has 20 heavy (non-hydrogen) atoms. The fourth-order valence-corrected chi connectivity index (χ4v) is 1.61. The van der Waals surface area contributed by atoms with Crippen LogP contribution in [0.1, 0.15) is 32.3 Å². The van der Waals surface area contributed by atoms with Gasteiger partial charge in [-0.1, -0.05) is 13.8 Å². The van der Waals surface area contributed by atoms with Crippen LogP contribution < -0.4 is 10.6 Å². The molecule has 0 bridgehead atoms. The van der Waals surface area contributed by atoms with Crippen LogP contribution >= 0.6 is 0 Å². The highest BCUT2D eigenvalue weighted by atomic mass is 19.4. The second-order valence-electron chi connectivity index (χ2n) is 4.84. The Bertz CT molecular complexity index is 427. The summed E-state index contributed by atoms with van der Waals surface area (Å²) >= 11 is 0. The molecule has 0 fully saturated rings. The topological polar surface area (TPSA) is 41.1 Å². The molecule has 0 unspecified atom stereocenters. The zero-order valence-electron chi connectivity index (χ0n) is 11.6. The summed E-state index contributed by atoms with van der Waals surface area (Å²) in [5, 5.41) is 5.76. The van der Waals surface area contributed by atoms with E-state index in [1.807, 2.05) is 13.8 Å². The fraction of sp³-hybridized carbons (Fsp3) is 0.500. The summed E-state index contributed by atoms with van der Waals surface area (Å²) in [5.74, 6) is -0.199. The highest BCUT2D eigenvalue weighted by Gasteiger charge is 2.29. The monoisotopic (exact) mass is 288 g/mol. The average Bonchev–Trinajstić information content (AvgIpc) is 2.34. The van der Waals surface area contributed by atoms with E-state index < -0.39 is 11.7 Å². The molecule has 0 atom stereocenters. The van der Waals surface area contributed by atoms with Gasteiger partial charge in [0, 0.05) is 18.2 Å². The number of rotatable bonds is 6. The first-order chi connectivity index (χ1) is 9.29. The van der Waals surface area contributed by atoms with Gasteiger partial charge < -0.3 is 10.6 Å². The van der Waals surface area contributed by atoms with Crippen molar-refractivity contribution >= 4 is 11.6 Å². The predicted octanol–water partition coefficient (Wildman–Crippen LogP) is 3.42. The largest absolute Gasteiger partial charge is 0.416 e. The third-order valence-corrected chi connectivity index (χ3v) is 2.63. The average molecular weight is 288 g/mol. The molecule has 0 saturated carbocycles. The molecule has 3 nitrogen and oxygen atoms in total. The van der Waals surface area contributed by atoms with Crippen molar-refractivity contribution < 1.29 is 18.0 Å². The summed E-state index contributed by atoms with van der Waals surface area (Å²) in [4.78, 5) is 11.6. The number of anilines is 1. The number of halogens is 3. The minimum Gasteiger partial charge on any atom is -0.326 e. The van der Waals surface area contributed by atoms with Crippen molar-refractivity contribution in [1.29, 1.82) is 0 Å². The van der Waals surface area contributed by atoms with Crippen molar-refractivity contribution in [3.05, 3.63) is 29.8 Å². The first kappa shape index (κ1) is 16.5. The lowest BCUT2D eigenvalue weighted by Crippen LogP contribution is -2.24. The molecule has 0 aliphatic carbocycles. The molecule has 112 valence electrons. The van der Waals surface area contributed by atoms with E-state index in [2.05, 4.69) is 10.6 Å². The maximum atomic E-state index is 12.4. The van der Waals surface area contributed by atoms with E-state index in [1.54, 1.807) is 0 Å². The smallest absolute Gasteiger partial charge is 0.326 e. The lowest BCUT2D eigenvalue weighted by Gasteiger charge is -2.09. The van der Waals surface area contributed by atoms with Crippen molar-refractivity contribution in [1.82, 2.24) is 5.32 Å². The molecule has 0 aliphatic rings. The van der Waals surface area contributed by atoms with Crippen LogP contribution in [0.3, 0.4) is 0 Å². The molecule has 1 amide bonds. The number of hydrogen-bond donors (Lipinski definition) is 2. The molecule has 2 N–H and O–H groups in total. The zero-order valence-corrected chi connectivity index (χ0v) is 11.6. The molecular weight excluding hydrogens is 269 g/mol. The Morgan fingerprint density at radius 3 is 2.30 bits per heavy atom. The standard InChI is InChI=1S/C14H19F3N2O/c1-10(2)18-9-3-4-13(20)19-12-7-5-11(6-8-12)14(15,16)17/h5-8,10,18H,3-4,9H2,1-2H3,(H,19,20). The summed E-state index contributed by atoms with van der Waals surface area (Å²) in [7, 11) is 0. The molecule has 0 saturated heterocycles. The van der Waals surface area contributed by atoms with Crippen LogP contribution in [-0.2, 0) is 11.0 Å². The number of carbonyl (C=O) groups excluding carboxylic acids is 1. The molecule has 1 aromatic rings. The van der Waals surface area contributed by atoms with Gasteiger partial charge in [0.15, 0.2) is 0 Å². The van der Waals surface area contributed by atoms with Gasteiger partial charge in [-0.2, -0.15) is 13.2 Å². The highest BCUT2D eigenvalue weighted by Crippen LogP contribution is 2.29. The van der Waals surface area contributed by atoms with Crippen LogP contribution in [0, 0.1) is 0 Å². The molecule has 0 spiro atoms. The summed E-state index contributed by atoms with van der Waals surface area (Å²) in [5.41, 5.74) is -0.351. The maximum absolute atomic E-state index is 12.4. The zero-order chi connectivity index (χ0) is 15.2. The minimum atomic E-state index is -4.36. The van der Waals surface area contributed by atoms with Crippen LogP contribution in [0.25, 0.3) is 0 Å². The molecular formula is C14H19F3N2O. The fourth-order valence-electron chi connectivity index (χ4n) is 1.61. The normalized spacial score (nSPS) is 11.7. The quantitative estimate of drug-likeness (QED) is 0.787. The summed E-state index contributed by atoms with van der Waals surface area (Å²) in [6.07, 6.45) is -3.34. The van der Waals surface area contributed by atoms with E-state index in [-0.39, 0.29) is 5.91 Å². The second kappa shape index (κ2) is 7.28. The van der Waals surface area contributed by atoms with Crippen molar-refractivity contribution in [2.45, 2.75) is 38.9 Å². The Morgan fingerprint density at radius 2 is 1.80 bits per heavy atom. The first-order valence-electron chi connectivity index (χ1n) is 6.49. The van der Waals surface area contributed by atoms with Gasteiger partial charge in [0.25, 0.3) is 0 Å². The summed E-state index contributed by atoms with van der Waals surface area (Å²) < 4.78 is 37.1. The van der Waals surface area contributed by atoms with Gasteiger partial charge in [-0.25, -0.2) is 0 Å². The Balaban J connectivity index is 2.39. The van der Waals surface area contributed by atoms with Crippen LogP contribution in [-0.4, -0.2) is 18.5 Å². The van der Waals surface area contributed by atoms with Gasteiger partial charge in [0.05, 0.1) is 5.56 Å². The molecule has 0 aromatic heterocycles. The molecule has 0 heterocycles. The summed E-state index contributed by atoms with van der Waals surface area (Å²) in [6.45, 7) is 4.77. The van der Waals surface area contributed by atoms with Crippen LogP contribution in [0.5, 0.6) is 0 Å². The Morgan fingerprint density at radius 1 is 1.20 bits per heavy atom. The Hall–Kier alpha value is -1.56. The molecule has 0 aliphatic heterocycles. The third kappa shape index (κ3) is 6.06. The number of benzene rings is 1. The van der Waals surface area contributed by atoms with Gasteiger partial charge in [-0.15, -0.1) is 0 Å². The van der Waals surface area contributed by atoms with Gasteiger partial charge in [0.1, 0.15) is 0 Å². The van der Waals surface area contributed by atoms with E-state index in [1.165, 1.54) is 12.1 Å². The number of nitrogens with one attached hydrogen (secondary N) is 2. The van der Waals surface area contributed by atoms with Crippen molar-refractivity contribution in [3.8, 4) is 0 Å². The molecule has 1 aromatic carbocycles. The predicted molar refractivity (Wildman–Crippen MR) is 72.4 cm³/mol. The molecule has 6 heteroatoms. The first-order valence-corrected chi connectivity index (χ1v) is 6.49. The third-order valence-electron chi connectivity index (χ3n) is 2.63. The number of alkyl halides is 3. The van der Waals surface area contributed by atoms with Crippen LogP contribution in [0.4, 0.5) is 18.9 Å². The van der Waals surface area contributed by atoms with Crippen LogP contribution in [0.2, 0.25) is 0 Å². The molecule has 1 rings (SSSR count).